The predicted octanol–water partition coefficient (Wildman–Crippen LogP) is 3.41. The number of Topliss-reactive ketones (excluding diaryl/α,β-unsaturated/α-hetero) is 1. The first-order chi connectivity index (χ1) is 19.3. The van der Waals surface area contributed by atoms with Crippen LogP contribution in [0.5, 0.6) is 5.75 Å². The van der Waals surface area contributed by atoms with Gasteiger partial charge in [-0.15, -0.1) is 0 Å². The minimum Gasteiger partial charge on any atom is -0.496 e. The summed E-state index contributed by atoms with van der Waals surface area (Å²) in [5.74, 6) is -1.63. The van der Waals surface area contributed by atoms with Crippen LogP contribution in [-0.2, 0) is 21.4 Å². The zero-order chi connectivity index (χ0) is 28.4. The standard InChI is InChI=1S/C29H23N3O7S/c1-31-26(35)19-7-3-5-9-21(19)30-29(31)40-24-15-25(34)32(27(24)36)18-13-11-17(12-14-18)28(37)39-16-22(33)20-8-4-6-10-23(20)38-2/h3-14,24H,15-16H2,1-2H3. The number of hydrogen-bond acceptors (Lipinski definition) is 9. The molecule has 0 bridgehead atoms. The van der Waals surface area contributed by atoms with Crippen molar-refractivity contribution in [1.29, 1.82) is 0 Å². The molecule has 0 radical (unpaired) electrons. The number of esters is 1. The second kappa shape index (κ2) is 11.1. The first kappa shape index (κ1) is 26.8. The van der Waals surface area contributed by atoms with Gasteiger partial charge in [0, 0.05) is 13.5 Å². The second-order valence-electron chi connectivity index (χ2n) is 8.90. The van der Waals surface area contributed by atoms with Gasteiger partial charge in [0.2, 0.25) is 17.6 Å². The number of benzene rings is 3. The highest BCUT2D eigenvalue weighted by molar-refractivity contribution is 8.00. The van der Waals surface area contributed by atoms with Gasteiger partial charge in [-0.2, -0.15) is 0 Å². The van der Waals surface area contributed by atoms with Gasteiger partial charge in [0.1, 0.15) is 11.0 Å². The Morgan fingerprint density at radius 1 is 0.975 bits per heavy atom. The summed E-state index contributed by atoms with van der Waals surface area (Å²) in [5.41, 5.74) is 1.00. The third-order valence-corrected chi connectivity index (χ3v) is 7.63. The molecule has 0 aliphatic carbocycles. The van der Waals surface area contributed by atoms with Gasteiger partial charge in [0.05, 0.1) is 34.8 Å². The van der Waals surface area contributed by atoms with E-state index in [9.17, 15) is 24.0 Å². The lowest BCUT2D eigenvalue weighted by atomic mass is 10.1. The SMILES string of the molecule is COc1ccccc1C(=O)COC(=O)c1ccc(N2C(=O)CC(Sc3nc4ccccc4c(=O)n3C)C2=O)cc1. The molecule has 10 nitrogen and oxygen atoms in total. The molecular weight excluding hydrogens is 534 g/mol. The number of carbonyl (C=O) groups is 4. The van der Waals surface area contributed by atoms with Crippen molar-refractivity contribution in [3.63, 3.8) is 0 Å². The molecule has 11 heteroatoms. The van der Waals surface area contributed by atoms with E-state index in [1.54, 1.807) is 55.6 Å². The normalized spacial score (nSPS) is 14.9. The Bertz CT molecular complexity index is 1720. The lowest BCUT2D eigenvalue weighted by molar-refractivity contribution is -0.121. The van der Waals surface area contributed by atoms with Gasteiger partial charge in [-0.1, -0.05) is 36.0 Å². The van der Waals surface area contributed by atoms with Crippen LogP contribution in [0.1, 0.15) is 27.1 Å². The van der Waals surface area contributed by atoms with Crippen LogP contribution in [0.2, 0.25) is 0 Å². The van der Waals surface area contributed by atoms with Crippen molar-refractivity contribution in [1.82, 2.24) is 9.55 Å². The van der Waals surface area contributed by atoms with Crippen molar-refractivity contribution in [3.8, 4) is 5.75 Å². The summed E-state index contributed by atoms with van der Waals surface area (Å²) in [6.45, 7) is -0.478. The van der Waals surface area contributed by atoms with Gasteiger partial charge >= 0.3 is 5.97 Å². The number of imide groups is 1. The number of thioether (sulfide) groups is 1. The van der Waals surface area contributed by atoms with E-state index in [1.807, 2.05) is 0 Å². The van der Waals surface area contributed by atoms with E-state index in [-0.39, 0.29) is 17.5 Å². The number of methoxy groups -OCH3 is 1. The summed E-state index contributed by atoms with van der Waals surface area (Å²) in [6.07, 6.45) is -0.0684. The quantitative estimate of drug-likeness (QED) is 0.139. The fraction of sp³-hybridized carbons (Fsp3) is 0.172. The zero-order valence-corrected chi connectivity index (χ0v) is 22.3. The topological polar surface area (TPSA) is 125 Å². The maximum atomic E-state index is 13.2. The molecule has 2 amide bonds. The van der Waals surface area contributed by atoms with Crippen molar-refractivity contribution in [3.05, 3.63) is 94.3 Å². The molecule has 0 spiro atoms. The number of anilines is 1. The molecule has 1 atom stereocenters. The van der Waals surface area contributed by atoms with E-state index in [1.165, 1.54) is 35.9 Å². The Balaban J connectivity index is 1.26. The fourth-order valence-electron chi connectivity index (χ4n) is 4.31. The van der Waals surface area contributed by atoms with Crippen LogP contribution in [0, 0.1) is 0 Å². The lowest BCUT2D eigenvalue weighted by Crippen LogP contribution is -2.31. The highest BCUT2D eigenvalue weighted by Crippen LogP contribution is 2.33. The fourth-order valence-corrected chi connectivity index (χ4v) is 5.39. The van der Waals surface area contributed by atoms with Gasteiger partial charge in [-0.3, -0.25) is 23.7 Å². The van der Waals surface area contributed by atoms with Gasteiger partial charge in [-0.05, 0) is 48.5 Å². The van der Waals surface area contributed by atoms with Crippen LogP contribution in [0.4, 0.5) is 5.69 Å². The molecule has 1 fully saturated rings. The average Bonchev–Trinajstić information content (AvgIpc) is 3.26. The molecule has 40 heavy (non-hydrogen) atoms. The minimum absolute atomic E-state index is 0.0684. The second-order valence-corrected chi connectivity index (χ2v) is 10.1. The van der Waals surface area contributed by atoms with E-state index in [0.29, 0.717) is 33.1 Å². The number of amides is 2. The number of para-hydroxylation sites is 2. The van der Waals surface area contributed by atoms with E-state index in [2.05, 4.69) is 4.98 Å². The van der Waals surface area contributed by atoms with Crippen LogP contribution in [0.15, 0.2) is 82.7 Å². The van der Waals surface area contributed by atoms with Crippen molar-refractivity contribution >= 4 is 51.9 Å². The number of rotatable bonds is 8. The molecule has 2 heterocycles. The highest BCUT2D eigenvalue weighted by Gasteiger charge is 2.41. The van der Waals surface area contributed by atoms with Crippen molar-refractivity contribution in [2.24, 2.45) is 7.05 Å². The predicted molar refractivity (Wildman–Crippen MR) is 148 cm³/mol. The number of fused-ring (bicyclic) bond motifs is 1. The molecule has 1 saturated heterocycles. The van der Waals surface area contributed by atoms with Gasteiger partial charge < -0.3 is 9.47 Å². The molecule has 1 aromatic heterocycles. The van der Waals surface area contributed by atoms with Crippen LogP contribution in [-0.4, -0.2) is 52.1 Å². The molecule has 1 unspecified atom stereocenters. The molecule has 202 valence electrons. The summed E-state index contributed by atoms with van der Waals surface area (Å²) in [7, 11) is 3.02. The molecular formula is C29H23N3O7S. The number of carbonyl (C=O) groups excluding carboxylic acids is 4. The van der Waals surface area contributed by atoms with Gasteiger partial charge in [0.15, 0.2) is 11.8 Å². The lowest BCUT2D eigenvalue weighted by Gasteiger charge is -2.16. The molecule has 5 rings (SSSR count). The summed E-state index contributed by atoms with van der Waals surface area (Å²) in [4.78, 5) is 69.2. The van der Waals surface area contributed by atoms with Crippen LogP contribution >= 0.6 is 11.8 Å². The van der Waals surface area contributed by atoms with E-state index >= 15 is 0 Å². The summed E-state index contributed by atoms with van der Waals surface area (Å²) < 4.78 is 11.7. The maximum absolute atomic E-state index is 13.2. The third kappa shape index (κ3) is 5.10. The monoisotopic (exact) mass is 557 g/mol. The average molecular weight is 558 g/mol. The summed E-state index contributed by atoms with van der Waals surface area (Å²) in [6, 6.07) is 19.3. The Morgan fingerprint density at radius 2 is 1.68 bits per heavy atom. The summed E-state index contributed by atoms with van der Waals surface area (Å²) in [5, 5.41) is 0.0300. The number of ether oxygens (including phenoxy) is 2. The Labute approximate surface area is 232 Å². The number of nitrogens with zero attached hydrogens (tertiary/aromatic N) is 3. The van der Waals surface area contributed by atoms with E-state index in [4.69, 9.17) is 9.47 Å². The molecule has 1 aliphatic rings. The first-order valence-corrected chi connectivity index (χ1v) is 13.1. The van der Waals surface area contributed by atoms with E-state index < -0.39 is 35.4 Å². The Hall–Kier alpha value is -4.77. The highest BCUT2D eigenvalue weighted by atomic mass is 32.2. The van der Waals surface area contributed by atoms with Crippen molar-refractivity contribution in [2.45, 2.75) is 16.8 Å². The molecule has 4 aromatic rings. The molecule has 0 N–H and O–H groups in total. The van der Waals surface area contributed by atoms with E-state index in [0.717, 1.165) is 16.7 Å². The molecule has 0 saturated carbocycles. The third-order valence-electron chi connectivity index (χ3n) is 6.40. The Morgan fingerprint density at radius 3 is 2.42 bits per heavy atom. The summed E-state index contributed by atoms with van der Waals surface area (Å²) >= 11 is 1.06. The minimum atomic E-state index is -0.766. The molecule has 3 aromatic carbocycles. The van der Waals surface area contributed by atoms with Crippen LogP contribution in [0.3, 0.4) is 0 Å². The maximum Gasteiger partial charge on any atom is 0.338 e. The number of ketones is 1. The number of aromatic nitrogens is 2. The Kier molecular flexibility index (Phi) is 7.47. The molecule has 1 aliphatic heterocycles. The zero-order valence-electron chi connectivity index (χ0n) is 21.5. The smallest absolute Gasteiger partial charge is 0.338 e. The van der Waals surface area contributed by atoms with Crippen molar-refractivity contribution < 1.29 is 28.7 Å². The first-order valence-electron chi connectivity index (χ1n) is 12.2. The largest absolute Gasteiger partial charge is 0.496 e. The van der Waals surface area contributed by atoms with Crippen molar-refractivity contribution in [2.75, 3.05) is 18.6 Å². The van der Waals surface area contributed by atoms with Crippen LogP contribution < -0.4 is 15.2 Å². The number of hydrogen-bond donors (Lipinski definition) is 0. The van der Waals surface area contributed by atoms with Gasteiger partial charge in [-0.25, -0.2) is 14.7 Å². The van der Waals surface area contributed by atoms with Gasteiger partial charge in [0.25, 0.3) is 5.56 Å². The van der Waals surface area contributed by atoms with Crippen LogP contribution in [0.25, 0.3) is 10.9 Å².